The highest BCUT2D eigenvalue weighted by molar-refractivity contribution is 5.36. The van der Waals surface area contributed by atoms with E-state index in [4.69, 9.17) is 5.26 Å². The van der Waals surface area contributed by atoms with Crippen molar-refractivity contribution in [3.63, 3.8) is 0 Å². The number of piperazine rings is 1. The molecule has 19 heavy (non-hydrogen) atoms. The van der Waals surface area contributed by atoms with Crippen molar-refractivity contribution in [1.82, 2.24) is 14.9 Å². The van der Waals surface area contributed by atoms with E-state index in [2.05, 4.69) is 39.7 Å². The van der Waals surface area contributed by atoms with Crippen LogP contribution in [0.5, 0.6) is 0 Å². The summed E-state index contributed by atoms with van der Waals surface area (Å²) < 4.78 is 0. The fourth-order valence-corrected chi connectivity index (χ4v) is 2.39. The summed E-state index contributed by atoms with van der Waals surface area (Å²) in [5, 5.41) is 8.81. The van der Waals surface area contributed by atoms with Crippen LogP contribution < -0.4 is 4.90 Å². The second-order valence-corrected chi connectivity index (χ2v) is 4.50. The number of aromatic nitrogens is 2. The Morgan fingerprint density at radius 1 is 1.26 bits per heavy atom. The molecule has 1 fully saturated rings. The molecule has 5 nitrogen and oxygen atoms in total. The topological polar surface area (TPSA) is 56.1 Å². The first-order valence-corrected chi connectivity index (χ1v) is 6.86. The van der Waals surface area contributed by atoms with Crippen molar-refractivity contribution in [2.24, 2.45) is 0 Å². The lowest BCUT2D eigenvalue weighted by molar-refractivity contribution is 0.150. The van der Waals surface area contributed by atoms with E-state index in [1.54, 1.807) is 18.6 Å². The summed E-state index contributed by atoms with van der Waals surface area (Å²) in [6, 6.07) is 2.96. The van der Waals surface area contributed by atoms with Crippen LogP contribution in [0.25, 0.3) is 0 Å². The van der Waals surface area contributed by atoms with Crippen LogP contribution in [-0.2, 0) is 0 Å². The molecule has 0 aliphatic carbocycles. The first-order valence-electron chi connectivity index (χ1n) is 6.86. The van der Waals surface area contributed by atoms with Crippen molar-refractivity contribution in [1.29, 1.82) is 5.26 Å². The van der Waals surface area contributed by atoms with Gasteiger partial charge in [0, 0.05) is 37.6 Å². The Morgan fingerprint density at radius 3 is 2.37 bits per heavy atom. The number of nitrogens with zero attached hydrogens (tertiary/aromatic N) is 5. The highest BCUT2D eigenvalue weighted by Gasteiger charge is 2.29. The molecule has 2 unspecified atom stereocenters. The Morgan fingerprint density at radius 2 is 1.89 bits per heavy atom. The number of rotatable bonds is 2. The normalized spacial score (nSPS) is 23.2. The molecule has 1 aromatic heterocycles. The second-order valence-electron chi connectivity index (χ2n) is 4.50. The lowest BCUT2D eigenvalue weighted by atomic mass is 10.1. The molecular weight excluding hydrogens is 238 g/mol. The molecule has 2 rings (SSSR count). The van der Waals surface area contributed by atoms with Crippen molar-refractivity contribution in [3.05, 3.63) is 18.6 Å². The van der Waals surface area contributed by atoms with Gasteiger partial charge in [0.05, 0.1) is 18.8 Å². The van der Waals surface area contributed by atoms with Gasteiger partial charge in [0.25, 0.3) is 0 Å². The monoisotopic (exact) mass is 261 g/mol. The Bertz CT molecular complexity index is 388. The highest BCUT2D eigenvalue weighted by atomic mass is 15.3. The van der Waals surface area contributed by atoms with E-state index in [-0.39, 0.29) is 0 Å². The third-order valence-electron chi connectivity index (χ3n) is 3.23. The summed E-state index contributed by atoms with van der Waals surface area (Å²) in [4.78, 5) is 12.9. The first-order chi connectivity index (χ1) is 9.22. The molecule has 0 amide bonds. The third kappa shape index (κ3) is 3.90. The van der Waals surface area contributed by atoms with Gasteiger partial charge in [0.1, 0.15) is 5.82 Å². The van der Waals surface area contributed by atoms with Crippen LogP contribution in [0.2, 0.25) is 0 Å². The molecular formula is C14H23N5. The van der Waals surface area contributed by atoms with Gasteiger partial charge in [-0.25, -0.2) is 4.98 Å². The van der Waals surface area contributed by atoms with Gasteiger partial charge in [-0.3, -0.25) is 9.88 Å². The predicted octanol–water partition coefficient (Wildman–Crippen LogP) is 1.93. The van der Waals surface area contributed by atoms with E-state index in [1.807, 2.05) is 13.8 Å². The van der Waals surface area contributed by atoms with E-state index in [1.165, 1.54) is 0 Å². The first kappa shape index (κ1) is 15.4. The lowest BCUT2D eigenvalue weighted by Gasteiger charge is -2.43. The SMILES string of the molecule is CC.CC1CN(c2cnccn2)CC(C)N1CC#N. The van der Waals surface area contributed by atoms with Gasteiger partial charge in [-0.2, -0.15) is 5.26 Å². The summed E-state index contributed by atoms with van der Waals surface area (Å²) in [5.41, 5.74) is 0. The van der Waals surface area contributed by atoms with Gasteiger partial charge in [0.2, 0.25) is 0 Å². The molecule has 1 aliphatic heterocycles. The van der Waals surface area contributed by atoms with E-state index in [0.29, 0.717) is 18.6 Å². The zero-order chi connectivity index (χ0) is 14.3. The largest absolute Gasteiger partial charge is 0.352 e. The van der Waals surface area contributed by atoms with Crippen LogP contribution in [-0.4, -0.2) is 46.6 Å². The van der Waals surface area contributed by atoms with E-state index in [0.717, 1.165) is 18.9 Å². The summed E-state index contributed by atoms with van der Waals surface area (Å²) in [7, 11) is 0. The zero-order valence-electron chi connectivity index (χ0n) is 12.2. The summed E-state index contributed by atoms with van der Waals surface area (Å²) in [5.74, 6) is 0.919. The van der Waals surface area contributed by atoms with Crippen LogP contribution in [0.1, 0.15) is 27.7 Å². The minimum absolute atomic E-state index is 0.361. The molecule has 2 atom stereocenters. The fraction of sp³-hybridized carbons (Fsp3) is 0.643. The van der Waals surface area contributed by atoms with E-state index >= 15 is 0 Å². The van der Waals surface area contributed by atoms with Crippen LogP contribution in [0, 0.1) is 11.3 Å². The summed E-state index contributed by atoms with van der Waals surface area (Å²) >= 11 is 0. The standard InChI is InChI=1S/C12H17N5.C2H6/c1-10-8-16(12-7-14-4-5-15-12)9-11(2)17(10)6-3-13;1-2/h4-5,7,10-11H,6,8-9H2,1-2H3;1-2H3. The molecule has 5 heteroatoms. The van der Waals surface area contributed by atoms with E-state index < -0.39 is 0 Å². The van der Waals surface area contributed by atoms with Gasteiger partial charge >= 0.3 is 0 Å². The van der Waals surface area contributed by atoms with Gasteiger partial charge in [0.15, 0.2) is 0 Å². The highest BCUT2D eigenvalue weighted by Crippen LogP contribution is 2.19. The van der Waals surface area contributed by atoms with Crippen molar-refractivity contribution in [3.8, 4) is 6.07 Å². The number of nitriles is 1. The van der Waals surface area contributed by atoms with Gasteiger partial charge in [-0.1, -0.05) is 13.8 Å². The molecule has 0 N–H and O–H groups in total. The average Bonchev–Trinajstić information content (AvgIpc) is 2.46. The summed E-state index contributed by atoms with van der Waals surface area (Å²) in [6.07, 6.45) is 5.19. The Hall–Kier alpha value is -1.67. The minimum Gasteiger partial charge on any atom is -0.352 e. The van der Waals surface area contributed by atoms with Gasteiger partial charge < -0.3 is 4.90 Å². The van der Waals surface area contributed by atoms with Crippen LogP contribution in [0.15, 0.2) is 18.6 Å². The number of anilines is 1. The molecule has 1 aliphatic rings. The Balaban J connectivity index is 0.000000861. The molecule has 1 saturated heterocycles. The molecule has 0 radical (unpaired) electrons. The van der Waals surface area contributed by atoms with Crippen LogP contribution in [0.4, 0.5) is 5.82 Å². The molecule has 0 bridgehead atoms. The van der Waals surface area contributed by atoms with E-state index in [9.17, 15) is 0 Å². The lowest BCUT2D eigenvalue weighted by Crippen LogP contribution is -2.57. The Labute approximate surface area is 115 Å². The zero-order valence-corrected chi connectivity index (χ0v) is 12.2. The molecule has 0 saturated carbocycles. The van der Waals surface area contributed by atoms with Gasteiger partial charge in [-0.05, 0) is 13.8 Å². The molecule has 2 heterocycles. The van der Waals surface area contributed by atoms with Crippen molar-refractivity contribution >= 4 is 5.82 Å². The van der Waals surface area contributed by atoms with Crippen molar-refractivity contribution in [2.75, 3.05) is 24.5 Å². The molecule has 1 aromatic rings. The predicted molar refractivity (Wildman–Crippen MR) is 76.8 cm³/mol. The molecule has 0 aromatic carbocycles. The van der Waals surface area contributed by atoms with Crippen molar-refractivity contribution in [2.45, 2.75) is 39.8 Å². The molecule has 104 valence electrons. The smallest absolute Gasteiger partial charge is 0.147 e. The van der Waals surface area contributed by atoms with Crippen LogP contribution in [0.3, 0.4) is 0 Å². The molecule has 0 spiro atoms. The number of hydrogen-bond donors (Lipinski definition) is 0. The number of hydrogen-bond acceptors (Lipinski definition) is 5. The average molecular weight is 261 g/mol. The second kappa shape index (κ2) is 7.70. The quantitative estimate of drug-likeness (QED) is 0.761. The van der Waals surface area contributed by atoms with Gasteiger partial charge in [-0.15, -0.1) is 0 Å². The Kier molecular flexibility index (Phi) is 6.23. The summed E-state index contributed by atoms with van der Waals surface area (Å²) in [6.45, 7) is 10.6. The maximum absolute atomic E-state index is 8.81. The van der Waals surface area contributed by atoms with Crippen molar-refractivity contribution < 1.29 is 0 Å². The fourth-order valence-electron chi connectivity index (χ4n) is 2.39. The third-order valence-corrected chi connectivity index (χ3v) is 3.23. The maximum Gasteiger partial charge on any atom is 0.147 e. The van der Waals surface area contributed by atoms with Crippen LogP contribution >= 0.6 is 0 Å². The maximum atomic E-state index is 8.81. The minimum atomic E-state index is 0.361.